The Morgan fingerprint density at radius 3 is 2.78 bits per heavy atom. The highest BCUT2D eigenvalue weighted by Crippen LogP contribution is 2.27. The number of carbonyl (C=O) groups is 1. The van der Waals surface area contributed by atoms with Crippen molar-refractivity contribution in [3.8, 4) is 0 Å². The average Bonchev–Trinajstić information content (AvgIpc) is 2.96. The predicted octanol–water partition coefficient (Wildman–Crippen LogP) is 2.33. The fraction of sp³-hybridized carbons (Fsp3) is 0.632. The number of likely N-dealkylation sites (tertiary alicyclic amines) is 2. The van der Waals surface area contributed by atoms with Gasteiger partial charge in [-0.3, -0.25) is 9.69 Å². The third kappa shape index (κ3) is 3.75. The molecule has 1 N–H and O–H groups in total. The minimum absolute atomic E-state index is 0.247. The Morgan fingerprint density at radius 1 is 1.17 bits per heavy atom. The molecule has 2 aliphatic rings. The van der Waals surface area contributed by atoms with Crippen LogP contribution in [0.1, 0.15) is 43.2 Å². The molecule has 3 rings (SSSR count). The smallest absolute Gasteiger partial charge is 0.222 e. The molecule has 0 spiro atoms. The molecule has 4 heteroatoms. The van der Waals surface area contributed by atoms with Crippen LogP contribution in [0.4, 0.5) is 0 Å². The first kappa shape index (κ1) is 16.5. The van der Waals surface area contributed by atoms with Gasteiger partial charge in [0.1, 0.15) is 0 Å². The fourth-order valence-electron chi connectivity index (χ4n) is 4.05. The van der Waals surface area contributed by atoms with Gasteiger partial charge < -0.3 is 10.0 Å². The summed E-state index contributed by atoms with van der Waals surface area (Å²) in [5.74, 6) is 0.274. The molecule has 1 amide bonds. The van der Waals surface area contributed by atoms with Gasteiger partial charge in [0, 0.05) is 31.6 Å². The number of rotatable bonds is 4. The Labute approximate surface area is 139 Å². The third-order valence-corrected chi connectivity index (χ3v) is 5.50. The van der Waals surface area contributed by atoms with Crippen LogP contribution >= 0.6 is 0 Å². The number of benzene rings is 1. The van der Waals surface area contributed by atoms with Crippen molar-refractivity contribution in [2.75, 3.05) is 19.7 Å². The molecule has 1 unspecified atom stereocenters. The Kier molecular flexibility index (Phi) is 5.34. The molecular formula is C19H28N2O2. The van der Waals surface area contributed by atoms with E-state index >= 15 is 0 Å². The van der Waals surface area contributed by atoms with Gasteiger partial charge in [-0.1, -0.05) is 24.3 Å². The van der Waals surface area contributed by atoms with Crippen LogP contribution in [0.5, 0.6) is 0 Å². The molecule has 2 fully saturated rings. The van der Waals surface area contributed by atoms with Crippen LogP contribution in [0, 0.1) is 6.92 Å². The number of hydrogen-bond acceptors (Lipinski definition) is 3. The molecule has 2 saturated heterocycles. The number of amides is 1. The number of aliphatic hydroxyl groups is 1. The maximum atomic E-state index is 12.5. The molecule has 126 valence electrons. The highest BCUT2D eigenvalue weighted by Gasteiger charge is 2.32. The molecular weight excluding hydrogens is 288 g/mol. The number of hydrogen-bond donors (Lipinski definition) is 1. The van der Waals surface area contributed by atoms with Crippen LogP contribution in [0.2, 0.25) is 0 Å². The second-order valence-corrected chi connectivity index (χ2v) is 6.94. The van der Waals surface area contributed by atoms with E-state index in [1.54, 1.807) is 0 Å². The zero-order valence-corrected chi connectivity index (χ0v) is 14.1. The minimum atomic E-state index is 0.247. The molecule has 4 nitrogen and oxygen atoms in total. The number of aryl methyl sites for hydroxylation is 1. The van der Waals surface area contributed by atoms with Crippen LogP contribution in [0.15, 0.2) is 24.3 Å². The molecule has 2 heterocycles. The van der Waals surface area contributed by atoms with Gasteiger partial charge >= 0.3 is 0 Å². The summed E-state index contributed by atoms with van der Waals surface area (Å²) < 4.78 is 0. The second kappa shape index (κ2) is 7.45. The van der Waals surface area contributed by atoms with Crippen molar-refractivity contribution in [3.05, 3.63) is 35.4 Å². The SMILES string of the molecule is Cc1ccccc1CN1CCC(N2CCC[C@H]2CO)CCC1=O. The highest BCUT2D eigenvalue weighted by atomic mass is 16.3. The second-order valence-electron chi connectivity index (χ2n) is 6.94. The predicted molar refractivity (Wildman–Crippen MR) is 91.0 cm³/mol. The minimum Gasteiger partial charge on any atom is -0.395 e. The standard InChI is InChI=1S/C19H28N2O2/c1-15-5-2-3-6-16(15)13-20-12-10-17(8-9-19(20)23)21-11-4-7-18(21)14-22/h2-3,5-6,17-18,22H,4,7-14H2,1H3/t17?,18-/m0/s1. The first-order valence-corrected chi connectivity index (χ1v) is 8.88. The van der Waals surface area contributed by atoms with Crippen molar-refractivity contribution in [2.24, 2.45) is 0 Å². The molecule has 0 radical (unpaired) electrons. The summed E-state index contributed by atoms with van der Waals surface area (Å²) in [6, 6.07) is 9.06. The van der Waals surface area contributed by atoms with Crippen LogP contribution in [0.25, 0.3) is 0 Å². The van der Waals surface area contributed by atoms with Gasteiger partial charge in [0.2, 0.25) is 5.91 Å². The molecule has 23 heavy (non-hydrogen) atoms. The Balaban J connectivity index is 1.64. The molecule has 0 bridgehead atoms. The monoisotopic (exact) mass is 316 g/mol. The first-order chi connectivity index (χ1) is 11.2. The van der Waals surface area contributed by atoms with Crippen molar-refractivity contribution in [3.63, 3.8) is 0 Å². The Hall–Kier alpha value is -1.39. The summed E-state index contributed by atoms with van der Waals surface area (Å²) in [6.07, 6.45) is 4.84. The fourth-order valence-corrected chi connectivity index (χ4v) is 4.05. The van der Waals surface area contributed by atoms with Gasteiger partial charge in [-0.25, -0.2) is 0 Å². The maximum Gasteiger partial charge on any atom is 0.222 e. The topological polar surface area (TPSA) is 43.8 Å². The zero-order valence-electron chi connectivity index (χ0n) is 14.1. The summed E-state index contributed by atoms with van der Waals surface area (Å²) in [5.41, 5.74) is 2.50. The average molecular weight is 316 g/mol. The summed E-state index contributed by atoms with van der Waals surface area (Å²) in [4.78, 5) is 17.0. The molecule has 2 atom stereocenters. The molecule has 2 aliphatic heterocycles. The summed E-state index contributed by atoms with van der Waals surface area (Å²) >= 11 is 0. The highest BCUT2D eigenvalue weighted by molar-refractivity contribution is 5.76. The van der Waals surface area contributed by atoms with Crippen LogP contribution in [-0.4, -0.2) is 52.6 Å². The lowest BCUT2D eigenvalue weighted by molar-refractivity contribution is -0.131. The van der Waals surface area contributed by atoms with E-state index in [-0.39, 0.29) is 12.5 Å². The number of aliphatic hydroxyl groups excluding tert-OH is 1. The molecule has 0 aliphatic carbocycles. The van der Waals surface area contributed by atoms with Crippen LogP contribution < -0.4 is 0 Å². The van der Waals surface area contributed by atoms with Crippen LogP contribution in [0.3, 0.4) is 0 Å². The number of carbonyl (C=O) groups excluding carboxylic acids is 1. The maximum absolute atomic E-state index is 12.5. The quantitative estimate of drug-likeness (QED) is 0.927. The van der Waals surface area contributed by atoms with Gasteiger partial charge in [-0.15, -0.1) is 0 Å². The van der Waals surface area contributed by atoms with Crippen molar-refractivity contribution in [1.82, 2.24) is 9.80 Å². The van der Waals surface area contributed by atoms with Gasteiger partial charge in [0.15, 0.2) is 0 Å². The molecule has 0 saturated carbocycles. The molecule has 1 aromatic carbocycles. The van der Waals surface area contributed by atoms with E-state index in [4.69, 9.17) is 0 Å². The van der Waals surface area contributed by atoms with Gasteiger partial charge in [-0.05, 0) is 50.3 Å². The van der Waals surface area contributed by atoms with Crippen molar-refractivity contribution >= 4 is 5.91 Å². The van der Waals surface area contributed by atoms with E-state index in [2.05, 4.69) is 24.0 Å². The van der Waals surface area contributed by atoms with E-state index in [9.17, 15) is 9.90 Å². The van der Waals surface area contributed by atoms with Gasteiger partial charge in [0.05, 0.1) is 6.61 Å². The van der Waals surface area contributed by atoms with E-state index < -0.39 is 0 Å². The lowest BCUT2D eigenvalue weighted by atomic mass is 10.1. The zero-order chi connectivity index (χ0) is 16.2. The van der Waals surface area contributed by atoms with E-state index in [1.807, 2.05) is 17.0 Å². The number of nitrogens with zero attached hydrogens (tertiary/aromatic N) is 2. The van der Waals surface area contributed by atoms with Crippen molar-refractivity contribution in [2.45, 2.75) is 57.7 Å². The first-order valence-electron chi connectivity index (χ1n) is 8.88. The lowest BCUT2D eigenvalue weighted by Crippen LogP contribution is -2.41. The lowest BCUT2D eigenvalue weighted by Gasteiger charge is -2.31. The Bertz CT molecular complexity index is 546. The summed E-state index contributed by atoms with van der Waals surface area (Å²) in [6.45, 7) is 4.98. The van der Waals surface area contributed by atoms with E-state index in [0.717, 1.165) is 38.9 Å². The Morgan fingerprint density at radius 2 is 2.00 bits per heavy atom. The summed E-state index contributed by atoms with van der Waals surface area (Å²) in [7, 11) is 0. The van der Waals surface area contributed by atoms with Gasteiger partial charge in [-0.2, -0.15) is 0 Å². The summed E-state index contributed by atoms with van der Waals surface area (Å²) in [5, 5.41) is 9.55. The van der Waals surface area contributed by atoms with Crippen LogP contribution in [-0.2, 0) is 11.3 Å². The third-order valence-electron chi connectivity index (χ3n) is 5.50. The van der Waals surface area contributed by atoms with E-state index in [0.29, 0.717) is 18.5 Å². The van der Waals surface area contributed by atoms with E-state index in [1.165, 1.54) is 17.5 Å². The van der Waals surface area contributed by atoms with Crippen molar-refractivity contribution in [1.29, 1.82) is 0 Å². The molecule has 1 aromatic rings. The normalized spacial score (nSPS) is 26.5. The van der Waals surface area contributed by atoms with Crippen molar-refractivity contribution < 1.29 is 9.90 Å². The molecule has 0 aromatic heterocycles. The van der Waals surface area contributed by atoms with Gasteiger partial charge in [0.25, 0.3) is 0 Å². The largest absolute Gasteiger partial charge is 0.395 e.